The number of rotatable bonds is 4. The molecule has 0 aromatic heterocycles. The lowest BCUT2D eigenvalue weighted by molar-refractivity contribution is -0.135. The van der Waals surface area contributed by atoms with E-state index in [1.165, 1.54) is 6.07 Å². The molecule has 0 saturated heterocycles. The molecule has 0 aliphatic heterocycles. The molecule has 9 heteroatoms. The van der Waals surface area contributed by atoms with Crippen LogP contribution in [0.5, 0.6) is 0 Å². The third-order valence-corrected chi connectivity index (χ3v) is 5.04. The van der Waals surface area contributed by atoms with Crippen LogP contribution < -0.4 is 5.73 Å². The van der Waals surface area contributed by atoms with Crippen LogP contribution in [-0.2, 0) is 10.0 Å². The summed E-state index contributed by atoms with van der Waals surface area (Å²) in [5, 5.41) is -0.0736. The summed E-state index contributed by atoms with van der Waals surface area (Å²) in [6, 6.07) is 2.51. The number of anilines is 1. The SMILES string of the molecule is Cc1cc(Cl)c(S(=O)(=O)N(C)CCC(F)(F)F)cc1N. The van der Waals surface area contributed by atoms with E-state index in [1.54, 1.807) is 6.92 Å². The Morgan fingerprint density at radius 3 is 2.40 bits per heavy atom. The zero-order valence-electron chi connectivity index (χ0n) is 10.8. The van der Waals surface area contributed by atoms with E-state index >= 15 is 0 Å². The number of nitrogens with zero attached hydrogens (tertiary/aromatic N) is 1. The molecular weight excluding hydrogens is 317 g/mol. The van der Waals surface area contributed by atoms with Gasteiger partial charge in [0.15, 0.2) is 0 Å². The Bertz CT molecular complexity index is 602. The van der Waals surface area contributed by atoms with Gasteiger partial charge in [-0.2, -0.15) is 13.2 Å². The molecule has 0 aliphatic rings. The maximum Gasteiger partial charge on any atom is 0.390 e. The third kappa shape index (κ3) is 4.00. The van der Waals surface area contributed by atoms with E-state index in [0.717, 1.165) is 13.1 Å². The minimum atomic E-state index is -4.43. The van der Waals surface area contributed by atoms with Gasteiger partial charge in [0.05, 0.1) is 11.4 Å². The van der Waals surface area contributed by atoms with Gasteiger partial charge in [-0.05, 0) is 24.6 Å². The molecule has 114 valence electrons. The van der Waals surface area contributed by atoms with Crippen LogP contribution in [0, 0.1) is 6.92 Å². The standard InChI is InChI=1S/C11H14ClF3N2O2S/c1-7-5-8(12)10(6-9(7)16)20(18,19)17(2)4-3-11(13,14)15/h5-6H,3-4,16H2,1-2H3. The second-order valence-corrected chi connectivity index (χ2v) is 6.75. The Morgan fingerprint density at radius 2 is 1.90 bits per heavy atom. The highest BCUT2D eigenvalue weighted by atomic mass is 35.5. The zero-order valence-corrected chi connectivity index (χ0v) is 12.4. The largest absolute Gasteiger partial charge is 0.398 e. The number of hydrogen-bond acceptors (Lipinski definition) is 3. The topological polar surface area (TPSA) is 63.4 Å². The lowest BCUT2D eigenvalue weighted by Gasteiger charge is -2.19. The maximum absolute atomic E-state index is 12.2. The first kappa shape index (κ1) is 17.1. The Labute approximate surface area is 120 Å². The number of halogens is 4. The summed E-state index contributed by atoms with van der Waals surface area (Å²) in [6.07, 6.45) is -5.67. The Kier molecular flexibility index (Phi) is 4.94. The molecule has 0 heterocycles. The van der Waals surface area contributed by atoms with Crippen LogP contribution in [0.2, 0.25) is 5.02 Å². The normalized spacial score (nSPS) is 12.9. The first-order valence-electron chi connectivity index (χ1n) is 5.54. The van der Waals surface area contributed by atoms with Crippen molar-refractivity contribution in [3.63, 3.8) is 0 Å². The van der Waals surface area contributed by atoms with Crippen LogP contribution in [0.15, 0.2) is 17.0 Å². The second-order valence-electron chi connectivity index (χ2n) is 4.33. The fourth-order valence-corrected chi connectivity index (χ4v) is 3.20. The maximum atomic E-state index is 12.2. The predicted octanol–water partition coefficient (Wildman–Crippen LogP) is 2.80. The van der Waals surface area contributed by atoms with Crippen molar-refractivity contribution in [2.24, 2.45) is 0 Å². The van der Waals surface area contributed by atoms with Crippen molar-refractivity contribution in [3.8, 4) is 0 Å². The van der Waals surface area contributed by atoms with E-state index in [9.17, 15) is 21.6 Å². The smallest absolute Gasteiger partial charge is 0.390 e. The number of alkyl halides is 3. The minimum absolute atomic E-state index is 0.0736. The van der Waals surface area contributed by atoms with Crippen molar-refractivity contribution >= 4 is 27.3 Å². The van der Waals surface area contributed by atoms with Gasteiger partial charge < -0.3 is 5.73 Å². The monoisotopic (exact) mass is 330 g/mol. The van der Waals surface area contributed by atoms with Crippen molar-refractivity contribution < 1.29 is 21.6 Å². The second kappa shape index (κ2) is 5.79. The van der Waals surface area contributed by atoms with Crippen LogP contribution >= 0.6 is 11.6 Å². The van der Waals surface area contributed by atoms with Crippen LogP contribution in [-0.4, -0.2) is 32.5 Å². The van der Waals surface area contributed by atoms with Gasteiger partial charge in [0.1, 0.15) is 4.90 Å². The molecule has 0 spiro atoms. The van der Waals surface area contributed by atoms with Gasteiger partial charge in [0, 0.05) is 19.3 Å². The van der Waals surface area contributed by atoms with Crippen LogP contribution in [0.1, 0.15) is 12.0 Å². The van der Waals surface area contributed by atoms with Crippen LogP contribution in [0.25, 0.3) is 0 Å². The summed E-state index contributed by atoms with van der Waals surface area (Å²) >= 11 is 5.84. The zero-order chi connectivity index (χ0) is 15.7. The van der Waals surface area contributed by atoms with Crippen molar-refractivity contribution in [1.29, 1.82) is 0 Å². The molecule has 0 unspecified atom stereocenters. The van der Waals surface area contributed by atoms with Crippen LogP contribution in [0.4, 0.5) is 18.9 Å². The quantitative estimate of drug-likeness (QED) is 0.863. The molecule has 0 amide bonds. The van der Waals surface area contributed by atoms with E-state index in [1.807, 2.05) is 0 Å². The molecule has 0 bridgehead atoms. The Balaban J connectivity index is 3.08. The van der Waals surface area contributed by atoms with Gasteiger partial charge >= 0.3 is 6.18 Å². The third-order valence-electron chi connectivity index (χ3n) is 2.72. The van der Waals surface area contributed by atoms with Gasteiger partial charge in [-0.15, -0.1) is 0 Å². The fourth-order valence-electron chi connectivity index (χ4n) is 1.44. The van der Waals surface area contributed by atoms with E-state index in [4.69, 9.17) is 17.3 Å². The first-order valence-corrected chi connectivity index (χ1v) is 7.35. The summed E-state index contributed by atoms with van der Waals surface area (Å²) < 4.78 is 61.3. The van der Waals surface area contributed by atoms with Crippen molar-refractivity contribution in [1.82, 2.24) is 4.31 Å². The molecule has 0 aliphatic carbocycles. The number of nitrogen functional groups attached to an aromatic ring is 1. The van der Waals surface area contributed by atoms with Crippen molar-refractivity contribution in [2.45, 2.75) is 24.4 Å². The number of nitrogens with two attached hydrogens (primary N) is 1. The fraction of sp³-hybridized carbons (Fsp3) is 0.455. The summed E-state index contributed by atoms with van der Waals surface area (Å²) in [6.45, 7) is 0.959. The summed E-state index contributed by atoms with van der Waals surface area (Å²) in [4.78, 5) is -0.299. The Morgan fingerprint density at radius 1 is 1.35 bits per heavy atom. The molecule has 0 fully saturated rings. The van der Waals surface area contributed by atoms with Gasteiger partial charge in [0.2, 0.25) is 10.0 Å². The molecule has 0 saturated carbocycles. The molecule has 0 atom stereocenters. The average molecular weight is 331 g/mol. The molecule has 0 radical (unpaired) electrons. The van der Waals surface area contributed by atoms with Crippen molar-refractivity contribution in [2.75, 3.05) is 19.3 Å². The summed E-state index contributed by atoms with van der Waals surface area (Å²) in [5.41, 5.74) is 6.40. The molecule has 20 heavy (non-hydrogen) atoms. The minimum Gasteiger partial charge on any atom is -0.398 e. The highest BCUT2D eigenvalue weighted by molar-refractivity contribution is 7.89. The first-order chi connectivity index (χ1) is 8.95. The van der Waals surface area contributed by atoms with E-state index in [2.05, 4.69) is 0 Å². The van der Waals surface area contributed by atoms with Gasteiger partial charge in [-0.3, -0.25) is 0 Å². The molecule has 1 aromatic carbocycles. The Hall–Kier alpha value is -0.990. The predicted molar refractivity (Wildman–Crippen MR) is 71.1 cm³/mol. The molecule has 4 nitrogen and oxygen atoms in total. The molecular formula is C11H14ClF3N2O2S. The number of benzene rings is 1. The van der Waals surface area contributed by atoms with Crippen LogP contribution in [0.3, 0.4) is 0 Å². The molecule has 2 N–H and O–H groups in total. The van der Waals surface area contributed by atoms with Gasteiger partial charge in [0.25, 0.3) is 0 Å². The number of aryl methyl sites for hydroxylation is 1. The number of hydrogen-bond donors (Lipinski definition) is 1. The van der Waals surface area contributed by atoms with Crippen molar-refractivity contribution in [3.05, 3.63) is 22.7 Å². The van der Waals surface area contributed by atoms with E-state index in [0.29, 0.717) is 9.87 Å². The van der Waals surface area contributed by atoms with E-state index < -0.39 is 29.2 Å². The van der Waals surface area contributed by atoms with E-state index in [-0.39, 0.29) is 15.6 Å². The summed E-state index contributed by atoms with van der Waals surface area (Å²) in [7, 11) is -3.05. The van der Waals surface area contributed by atoms with Gasteiger partial charge in [-0.25, -0.2) is 12.7 Å². The lowest BCUT2D eigenvalue weighted by Crippen LogP contribution is -2.31. The number of sulfonamides is 1. The highest BCUT2D eigenvalue weighted by Crippen LogP contribution is 2.29. The van der Waals surface area contributed by atoms with Gasteiger partial charge in [-0.1, -0.05) is 11.6 Å². The molecule has 1 aromatic rings. The summed E-state index contributed by atoms with van der Waals surface area (Å²) in [5.74, 6) is 0. The lowest BCUT2D eigenvalue weighted by atomic mass is 10.2. The average Bonchev–Trinajstić information content (AvgIpc) is 2.29. The molecule has 1 rings (SSSR count). The highest BCUT2D eigenvalue weighted by Gasteiger charge is 2.31.